The summed E-state index contributed by atoms with van der Waals surface area (Å²) in [5.74, 6) is 0. The van der Waals surface area contributed by atoms with Gasteiger partial charge in [-0.1, -0.05) is 109 Å². The fourth-order valence-electron chi connectivity index (χ4n) is 8.74. The number of rotatable bonds is 5. The zero-order valence-corrected chi connectivity index (χ0v) is 31.5. The molecule has 5 heteroatoms. The minimum Gasteiger partial charge on any atom is -0.309 e. The van der Waals surface area contributed by atoms with E-state index < -0.39 is 0 Å². The second-order valence-corrected chi connectivity index (χ2v) is 15.7. The molecule has 5 aromatic heterocycles. The third-order valence-corrected chi connectivity index (χ3v) is 12.5. The molecule has 12 rings (SSSR count). The molecule has 266 valence electrons. The lowest BCUT2D eigenvalue weighted by molar-refractivity contribution is 1.16. The molecule has 0 unspecified atom stereocenters. The monoisotopic (exact) mass is 744 g/mol. The predicted octanol–water partition coefficient (Wildman–Crippen LogP) is 14.0. The number of aromatic nitrogens is 4. The molecule has 0 radical (unpaired) electrons. The Labute approximate surface area is 332 Å². The Morgan fingerprint density at radius 2 is 0.895 bits per heavy atom. The standard InChI is InChI=1S/C52H32N4S/c1-3-12-33(13-4-1)44-31-38(32-45(54-44)34-14-5-2-6-15-34)56-47-19-10-8-17-40(47)42-29-36(22-25-49(42)56)35-21-24-48-41(28-35)39-16-7-9-18-46(39)55(48)37-23-26-50-43(30-37)52-51(57-50)20-11-27-53-52/h1-32H. The summed E-state index contributed by atoms with van der Waals surface area (Å²) in [7, 11) is 0. The highest BCUT2D eigenvalue weighted by atomic mass is 32.1. The van der Waals surface area contributed by atoms with Crippen LogP contribution in [0, 0.1) is 0 Å². The number of hydrogen-bond donors (Lipinski definition) is 0. The van der Waals surface area contributed by atoms with Crippen LogP contribution in [0.15, 0.2) is 194 Å². The van der Waals surface area contributed by atoms with Crippen molar-refractivity contribution >= 4 is 75.3 Å². The molecule has 12 aromatic rings. The van der Waals surface area contributed by atoms with Crippen LogP contribution in [0.25, 0.3) is 109 Å². The largest absolute Gasteiger partial charge is 0.309 e. The van der Waals surface area contributed by atoms with Gasteiger partial charge in [0.05, 0.1) is 49.4 Å². The normalized spacial score (nSPS) is 11.9. The van der Waals surface area contributed by atoms with E-state index in [-0.39, 0.29) is 0 Å². The van der Waals surface area contributed by atoms with E-state index in [1.807, 2.05) is 12.3 Å². The molecule has 0 saturated carbocycles. The van der Waals surface area contributed by atoms with E-state index in [2.05, 4.69) is 191 Å². The van der Waals surface area contributed by atoms with Crippen LogP contribution in [-0.2, 0) is 0 Å². The summed E-state index contributed by atoms with van der Waals surface area (Å²) in [6.45, 7) is 0. The minimum absolute atomic E-state index is 0.947. The zero-order valence-electron chi connectivity index (χ0n) is 30.7. The number of nitrogens with zero attached hydrogens (tertiary/aromatic N) is 4. The smallest absolute Gasteiger partial charge is 0.0889 e. The first-order valence-electron chi connectivity index (χ1n) is 19.2. The molecule has 0 bridgehead atoms. The molecule has 0 N–H and O–H groups in total. The highest BCUT2D eigenvalue weighted by Gasteiger charge is 2.18. The van der Waals surface area contributed by atoms with Crippen LogP contribution in [-0.4, -0.2) is 19.1 Å². The van der Waals surface area contributed by atoms with Crippen LogP contribution in [0.1, 0.15) is 0 Å². The maximum atomic E-state index is 5.17. The first kappa shape index (κ1) is 32.0. The van der Waals surface area contributed by atoms with E-state index in [9.17, 15) is 0 Å². The summed E-state index contributed by atoms with van der Waals surface area (Å²) in [5.41, 5.74) is 14.4. The number of thiophene rings is 1. The molecule has 0 aliphatic carbocycles. The van der Waals surface area contributed by atoms with Crippen molar-refractivity contribution in [2.24, 2.45) is 0 Å². The molecular formula is C52H32N4S. The van der Waals surface area contributed by atoms with E-state index in [0.29, 0.717) is 0 Å². The molecule has 0 amide bonds. The Balaban J connectivity index is 1.03. The van der Waals surface area contributed by atoms with Crippen LogP contribution in [0.5, 0.6) is 0 Å². The van der Waals surface area contributed by atoms with Crippen LogP contribution >= 0.6 is 11.3 Å². The van der Waals surface area contributed by atoms with Gasteiger partial charge in [-0.15, -0.1) is 11.3 Å². The first-order chi connectivity index (χ1) is 28.2. The molecular weight excluding hydrogens is 713 g/mol. The van der Waals surface area contributed by atoms with E-state index in [4.69, 9.17) is 9.97 Å². The van der Waals surface area contributed by atoms with E-state index >= 15 is 0 Å². The molecule has 0 aliphatic heterocycles. The third kappa shape index (κ3) is 5.06. The molecule has 0 aliphatic rings. The number of hydrogen-bond acceptors (Lipinski definition) is 3. The summed E-state index contributed by atoms with van der Waals surface area (Å²) in [6, 6.07) is 67.7. The van der Waals surface area contributed by atoms with Crippen LogP contribution < -0.4 is 0 Å². The zero-order chi connectivity index (χ0) is 37.5. The molecule has 0 fully saturated rings. The second-order valence-electron chi connectivity index (χ2n) is 14.6. The Bertz CT molecular complexity index is 3460. The van der Waals surface area contributed by atoms with Gasteiger partial charge < -0.3 is 9.13 Å². The average Bonchev–Trinajstić information content (AvgIpc) is 3.94. The molecule has 0 atom stereocenters. The lowest BCUT2D eigenvalue weighted by Crippen LogP contribution is -1.98. The van der Waals surface area contributed by atoms with E-state index in [1.54, 1.807) is 11.3 Å². The fraction of sp³-hybridized carbons (Fsp3) is 0. The Kier molecular flexibility index (Phi) is 7.06. The molecule has 0 spiro atoms. The molecule has 0 saturated heterocycles. The predicted molar refractivity (Wildman–Crippen MR) is 240 cm³/mol. The van der Waals surface area contributed by atoms with Gasteiger partial charge in [0.25, 0.3) is 0 Å². The van der Waals surface area contributed by atoms with Gasteiger partial charge in [-0.2, -0.15) is 0 Å². The van der Waals surface area contributed by atoms with Crippen molar-refractivity contribution in [2.75, 3.05) is 0 Å². The number of benzene rings is 7. The maximum absolute atomic E-state index is 5.17. The quantitative estimate of drug-likeness (QED) is 0.176. The van der Waals surface area contributed by atoms with Gasteiger partial charge in [-0.05, 0) is 90.0 Å². The number of pyridine rings is 2. The summed E-state index contributed by atoms with van der Waals surface area (Å²) in [4.78, 5) is 9.92. The summed E-state index contributed by atoms with van der Waals surface area (Å²) in [6.07, 6.45) is 1.89. The highest BCUT2D eigenvalue weighted by molar-refractivity contribution is 7.25. The molecule has 4 nitrogen and oxygen atoms in total. The summed E-state index contributed by atoms with van der Waals surface area (Å²) >= 11 is 1.80. The SMILES string of the molecule is c1ccc(-c2cc(-n3c4ccccc4c4cc(-c5ccc6c(c5)c5ccccc5n6-c5ccc6sc7cccnc7c6c5)ccc43)cc(-c3ccccc3)n2)cc1. The lowest BCUT2D eigenvalue weighted by atomic mass is 10.0. The van der Waals surface area contributed by atoms with Crippen molar-refractivity contribution in [1.29, 1.82) is 0 Å². The summed E-state index contributed by atoms with van der Waals surface area (Å²) < 4.78 is 7.27. The Morgan fingerprint density at radius 1 is 0.351 bits per heavy atom. The van der Waals surface area contributed by atoms with Crippen LogP contribution in [0.3, 0.4) is 0 Å². The maximum Gasteiger partial charge on any atom is 0.0889 e. The lowest BCUT2D eigenvalue weighted by Gasteiger charge is -2.13. The molecule has 5 heterocycles. The second kappa shape index (κ2) is 12.6. The van der Waals surface area contributed by atoms with Gasteiger partial charge >= 0.3 is 0 Å². The third-order valence-electron chi connectivity index (χ3n) is 11.4. The van der Waals surface area contributed by atoms with E-state index in [0.717, 1.165) is 50.4 Å². The van der Waals surface area contributed by atoms with Gasteiger partial charge in [0.2, 0.25) is 0 Å². The van der Waals surface area contributed by atoms with E-state index in [1.165, 1.54) is 58.5 Å². The fourth-order valence-corrected chi connectivity index (χ4v) is 9.79. The minimum atomic E-state index is 0.947. The van der Waals surface area contributed by atoms with Crippen LogP contribution in [0.2, 0.25) is 0 Å². The molecule has 57 heavy (non-hydrogen) atoms. The topological polar surface area (TPSA) is 35.6 Å². The van der Waals surface area contributed by atoms with Gasteiger partial charge in [-0.25, -0.2) is 4.98 Å². The van der Waals surface area contributed by atoms with Gasteiger partial charge in [0.15, 0.2) is 0 Å². The first-order valence-corrected chi connectivity index (χ1v) is 20.0. The van der Waals surface area contributed by atoms with Crippen molar-refractivity contribution in [3.05, 3.63) is 194 Å². The summed E-state index contributed by atoms with van der Waals surface area (Å²) in [5, 5.41) is 6.11. The number of fused-ring (bicyclic) bond motifs is 9. The van der Waals surface area contributed by atoms with Crippen LogP contribution in [0.4, 0.5) is 0 Å². The van der Waals surface area contributed by atoms with Crippen molar-refractivity contribution in [3.8, 4) is 45.0 Å². The molecule has 7 aromatic carbocycles. The van der Waals surface area contributed by atoms with Crippen molar-refractivity contribution < 1.29 is 0 Å². The number of para-hydroxylation sites is 2. The average molecular weight is 745 g/mol. The highest BCUT2D eigenvalue weighted by Crippen LogP contribution is 2.40. The van der Waals surface area contributed by atoms with Gasteiger partial charge in [0, 0.05) is 54.6 Å². The van der Waals surface area contributed by atoms with Crippen molar-refractivity contribution in [2.45, 2.75) is 0 Å². The Morgan fingerprint density at radius 3 is 1.51 bits per heavy atom. The Hall–Kier alpha value is -7.34. The van der Waals surface area contributed by atoms with Crippen molar-refractivity contribution in [3.63, 3.8) is 0 Å². The van der Waals surface area contributed by atoms with Gasteiger partial charge in [-0.3, -0.25) is 4.98 Å². The van der Waals surface area contributed by atoms with Gasteiger partial charge in [0.1, 0.15) is 0 Å². The van der Waals surface area contributed by atoms with Crippen molar-refractivity contribution in [1.82, 2.24) is 19.1 Å².